The van der Waals surface area contributed by atoms with Gasteiger partial charge in [0.15, 0.2) is 0 Å². The zero-order valence-electron chi connectivity index (χ0n) is 10.0. The van der Waals surface area contributed by atoms with E-state index in [-0.39, 0.29) is 5.60 Å². The fraction of sp³-hybridized carbons (Fsp3) is 0.500. The normalized spacial score (nSPS) is 22.6. The highest BCUT2D eigenvalue weighted by Gasteiger charge is 2.31. The molecule has 1 saturated heterocycles. The minimum Gasteiger partial charge on any atom is -0.270 e. The molecule has 0 N–H and O–H groups in total. The van der Waals surface area contributed by atoms with Crippen molar-refractivity contribution in [3.05, 3.63) is 30.3 Å². The molecule has 0 bridgehead atoms. The van der Waals surface area contributed by atoms with Crippen molar-refractivity contribution in [3.8, 4) is 0 Å². The minimum atomic E-state index is -0.479. The van der Waals surface area contributed by atoms with Gasteiger partial charge in [0, 0.05) is 6.16 Å². The average molecular weight is 239 g/mol. The van der Waals surface area contributed by atoms with Crippen LogP contribution in [-0.2, 0) is 9.68 Å². The van der Waals surface area contributed by atoms with Crippen LogP contribution >= 0.6 is 8.07 Å². The molecule has 1 atom stereocenters. The van der Waals surface area contributed by atoms with Crippen molar-refractivity contribution in [1.29, 1.82) is 0 Å². The van der Waals surface area contributed by atoms with Crippen molar-refractivity contribution in [2.75, 3.05) is 12.8 Å². The molecule has 88 valence electrons. The average Bonchev–Trinajstić information content (AvgIpc) is 2.64. The molecule has 0 saturated carbocycles. The first kappa shape index (κ1) is 12.0. The number of hydrogen-bond acceptors (Lipinski definition) is 3. The fourth-order valence-corrected chi connectivity index (χ4v) is 3.44. The van der Waals surface area contributed by atoms with Crippen LogP contribution in [-0.4, -0.2) is 23.4 Å². The fourth-order valence-electron chi connectivity index (χ4n) is 1.49. The van der Waals surface area contributed by atoms with E-state index >= 15 is 0 Å². The molecule has 3 nitrogen and oxygen atoms in total. The summed E-state index contributed by atoms with van der Waals surface area (Å²) < 4.78 is 0. The third-order valence-electron chi connectivity index (χ3n) is 2.11. The van der Waals surface area contributed by atoms with Gasteiger partial charge >= 0.3 is 0 Å². The molecule has 0 aromatic heterocycles. The van der Waals surface area contributed by atoms with Crippen LogP contribution < -0.4 is 5.30 Å². The second kappa shape index (κ2) is 4.80. The largest absolute Gasteiger partial charge is 0.270 e. The lowest BCUT2D eigenvalue weighted by Crippen LogP contribution is -2.29. The zero-order valence-corrected chi connectivity index (χ0v) is 10.9. The number of rotatable bonds is 2. The standard InChI is InChI=1S/C12H18NO2P/c1-12(2,3)15-13-14-9-10-16(13)11-7-5-4-6-8-11/h4-8H,9-10H2,1-3H3. The summed E-state index contributed by atoms with van der Waals surface area (Å²) in [5, 5.41) is 1.30. The molecule has 1 aliphatic rings. The maximum absolute atomic E-state index is 5.81. The summed E-state index contributed by atoms with van der Waals surface area (Å²) in [6, 6.07) is 10.4. The highest BCUT2D eigenvalue weighted by atomic mass is 31.1. The summed E-state index contributed by atoms with van der Waals surface area (Å²) in [6.45, 7) is 6.85. The monoisotopic (exact) mass is 239 g/mol. The van der Waals surface area contributed by atoms with E-state index in [1.165, 1.54) is 5.30 Å². The van der Waals surface area contributed by atoms with E-state index in [4.69, 9.17) is 9.68 Å². The molecule has 1 unspecified atom stereocenters. The van der Waals surface area contributed by atoms with E-state index in [1.807, 2.05) is 26.8 Å². The van der Waals surface area contributed by atoms with Gasteiger partial charge < -0.3 is 0 Å². The van der Waals surface area contributed by atoms with Gasteiger partial charge in [0.25, 0.3) is 0 Å². The Balaban J connectivity index is 2.10. The van der Waals surface area contributed by atoms with Crippen molar-refractivity contribution >= 4 is 13.4 Å². The maximum Gasteiger partial charge on any atom is 0.0845 e. The summed E-state index contributed by atoms with van der Waals surface area (Å²) >= 11 is 0. The van der Waals surface area contributed by atoms with Gasteiger partial charge in [0.05, 0.1) is 20.3 Å². The van der Waals surface area contributed by atoms with E-state index in [1.54, 1.807) is 5.00 Å². The lowest BCUT2D eigenvalue weighted by atomic mass is 10.2. The van der Waals surface area contributed by atoms with Crippen LogP contribution in [0.5, 0.6) is 0 Å². The number of hydrogen-bond donors (Lipinski definition) is 0. The summed E-state index contributed by atoms with van der Waals surface area (Å²) in [5.74, 6) is 0. The van der Waals surface area contributed by atoms with E-state index in [9.17, 15) is 0 Å². The van der Waals surface area contributed by atoms with Crippen LogP contribution in [0.1, 0.15) is 20.8 Å². The third-order valence-corrected chi connectivity index (χ3v) is 4.20. The summed E-state index contributed by atoms with van der Waals surface area (Å²) in [5.41, 5.74) is -0.209. The predicted octanol–water partition coefficient (Wildman–Crippen LogP) is 2.69. The number of nitrogens with zero attached hydrogens (tertiary/aromatic N) is 1. The van der Waals surface area contributed by atoms with E-state index in [0.717, 1.165) is 12.8 Å². The zero-order chi connectivity index (χ0) is 11.6. The van der Waals surface area contributed by atoms with E-state index < -0.39 is 8.07 Å². The Hall–Kier alpha value is -0.470. The molecule has 1 aromatic rings. The predicted molar refractivity (Wildman–Crippen MR) is 66.5 cm³/mol. The molecule has 0 radical (unpaired) electrons. The van der Waals surface area contributed by atoms with E-state index in [0.29, 0.717) is 0 Å². The molecule has 0 aliphatic carbocycles. The molecule has 1 aromatic carbocycles. The van der Waals surface area contributed by atoms with Gasteiger partial charge in [-0.25, -0.2) is 0 Å². The van der Waals surface area contributed by atoms with Crippen molar-refractivity contribution in [2.45, 2.75) is 26.4 Å². The Morgan fingerprint density at radius 2 is 1.94 bits per heavy atom. The Morgan fingerprint density at radius 1 is 1.25 bits per heavy atom. The van der Waals surface area contributed by atoms with Crippen LogP contribution in [0.25, 0.3) is 0 Å². The highest BCUT2D eigenvalue weighted by Crippen LogP contribution is 2.45. The van der Waals surface area contributed by atoms with Crippen molar-refractivity contribution < 1.29 is 9.68 Å². The number of benzene rings is 1. The van der Waals surface area contributed by atoms with Crippen molar-refractivity contribution in [1.82, 2.24) is 5.00 Å². The van der Waals surface area contributed by atoms with Gasteiger partial charge in [-0.1, -0.05) is 30.3 Å². The van der Waals surface area contributed by atoms with Crippen LogP contribution in [0, 0.1) is 0 Å². The van der Waals surface area contributed by atoms with E-state index in [2.05, 4.69) is 24.3 Å². The Morgan fingerprint density at radius 3 is 2.56 bits per heavy atom. The lowest BCUT2D eigenvalue weighted by Gasteiger charge is -2.29. The minimum absolute atomic E-state index is 0.209. The topological polar surface area (TPSA) is 21.7 Å². The van der Waals surface area contributed by atoms with Crippen LogP contribution in [0.4, 0.5) is 0 Å². The third kappa shape index (κ3) is 3.02. The Bertz CT molecular complexity index is 337. The first-order chi connectivity index (χ1) is 7.56. The second-order valence-corrected chi connectivity index (χ2v) is 6.82. The highest BCUT2D eigenvalue weighted by molar-refractivity contribution is 7.63. The first-order valence-corrected chi connectivity index (χ1v) is 6.99. The molecule has 16 heavy (non-hydrogen) atoms. The lowest BCUT2D eigenvalue weighted by molar-refractivity contribution is -0.327. The quantitative estimate of drug-likeness (QED) is 0.741. The Kier molecular flexibility index (Phi) is 3.60. The molecule has 2 rings (SSSR count). The smallest absolute Gasteiger partial charge is 0.0845 e. The molecule has 0 spiro atoms. The summed E-state index contributed by atoms with van der Waals surface area (Å²) in [6.07, 6.45) is 1.04. The van der Waals surface area contributed by atoms with Crippen LogP contribution in [0.3, 0.4) is 0 Å². The van der Waals surface area contributed by atoms with Crippen LogP contribution in [0.15, 0.2) is 30.3 Å². The first-order valence-electron chi connectivity index (χ1n) is 5.51. The SMILES string of the molecule is CC(C)(C)ON1OCCP1c1ccccc1. The molecule has 1 aliphatic heterocycles. The van der Waals surface area contributed by atoms with Gasteiger partial charge in [-0.3, -0.25) is 9.68 Å². The van der Waals surface area contributed by atoms with Gasteiger partial charge in [-0.05, 0) is 31.1 Å². The van der Waals surface area contributed by atoms with Crippen molar-refractivity contribution in [2.24, 2.45) is 0 Å². The van der Waals surface area contributed by atoms with Gasteiger partial charge in [0.2, 0.25) is 0 Å². The van der Waals surface area contributed by atoms with Gasteiger partial charge in [-0.15, -0.1) is 0 Å². The van der Waals surface area contributed by atoms with Gasteiger partial charge in [0.1, 0.15) is 0 Å². The summed E-state index contributed by atoms with van der Waals surface area (Å²) in [7, 11) is -0.479. The molecular formula is C12H18NO2P. The maximum atomic E-state index is 5.81. The van der Waals surface area contributed by atoms with Gasteiger partial charge in [-0.2, -0.15) is 0 Å². The molecule has 1 heterocycles. The summed E-state index contributed by atoms with van der Waals surface area (Å²) in [4.78, 5) is 13.1. The van der Waals surface area contributed by atoms with Crippen LogP contribution in [0.2, 0.25) is 0 Å². The Labute approximate surface area is 98.1 Å². The van der Waals surface area contributed by atoms with Crippen molar-refractivity contribution in [3.63, 3.8) is 0 Å². The molecule has 1 fully saturated rings. The molecule has 4 heteroatoms. The molecule has 0 amide bonds. The molecular weight excluding hydrogens is 221 g/mol. The second-order valence-electron chi connectivity index (χ2n) is 4.73.